The second-order valence-corrected chi connectivity index (χ2v) is 4.09. The van der Waals surface area contributed by atoms with Crippen molar-refractivity contribution in [3.63, 3.8) is 0 Å². The smallest absolute Gasteiger partial charge is 0.0681 e. The van der Waals surface area contributed by atoms with E-state index in [1.165, 1.54) is 5.56 Å². The highest BCUT2D eigenvalue weighted by molar-refractivity contribution is 5.27. The minimum absolute atomic E-state index is 0.132. The lowest BCUT2D eigenvalue weighted by atomic mass is 9.82. The highest BCUT2D eigenvalue weighted by Gasteiger charge is 2.17. The molecule has 0 bridgehead atoms. The Labute approximate surface area is 80.4 Å². The van der Waals surface area contributed by atoms with E-state index in [2.05, 4.69) is 32.9 Å². The zero-order valence-corrected chi connectivity index (χ0v) is 8.67. The summed E-state index contributed by atoms with van der Waals surface area (Å²) in [6, 6.07) is 8.20. The molecule has 0 aliphatic rings. The minimum atomic E-state index is 0.132. The minimum Gasteiger partial charge on any atom is -0.392 e. The van der Waals surface area contributed by atoms with Gasteiger partial charge in [0.1, 0.15) is 0 Å². The molecule has 0 heterocycles. The van der Waals surface area contributed by atoms with Crippen LogP contribution in [0.4, 0.5) is 0 Å². The molecule has 0 atom stereocenters. The molecule has 1 rings (SSSR count). The van der Waals surface area contributed by atoms with E-state index in [1.54, 1.807) is 0 Å². The predicted molar refractivity (Wildman–Crippen MR) is 55.7 cm³/mol. The van der Waals surface area contributed by atoms with Crippen LogP contribution < -0.4 is 0 Å². The molecule has 1 heteroatoms. The lowest BCUT2D eigenvalue weighted by Crippen LogP contribution is -2.15. The summed E-state index contributed by atoms with van der Waals surface area (Å²) < 4.78 is 0. The van der Waals surface area contributed by atoms with E-state index in [0.717, 1.165) is 12.0 Å². The van der Waals surface area contributed by atoms with Crippen LogP contribution in [0, 0.1) is 0 Å². The Balaban J connectivity index is 2.92. The maximum Gasteiger partial charge on any atom is 0.0681 e. The van der Waals surface area contributed by atoms with Crippen molar-refractivity contribution in [2.45, 2.75) is 39.2 Å². The molecule has 0 aromatic heterocycles. The van der Waals surface area contributed by atoms with Gasteiger partial charge in [0.15, 0.2) is 0 Å². The van der Waals surface area contributed by atoms with Crippen LogP contribution in [0.15, 0.2) is 24.3 Å². The number of rotatable bonds is 3. The average Bonchev–Trinajstić information content (AvgIpc) is 2.18. The quantitative estimate of drug-likeness (QED) is 0.754. The highest BCUT2D eigenvalue weighted by Crippen LogP contribution is 2.26. The van der Waals surface area contributed by atoms with Gasteiger partial charge in [-0.3, -0.25) is 0 Å². The Morgan fingerprint density at radius 3 is 2.08 bits per heavy atom. The van der Waals surface area contributed by atoms with Crippen LogP contribution in [0.3, 0.4) is 0 Å². The molecular weight excluding hydrogens is 160 g/mol. The van der Waals surface area contributed by atoms with Crippen molar-refractivity contribution in [2.75, 3.05) is 0 Å². The van der Waals surface area contributed by atoms with Gasteiger partial charge < -0.3 is 5.11 Å². The van der Waals surface area contributed by atoms with Crippen LogP contribution in [0.25, 0.3) is 0 Å². The molecule has 72 valence electrons. The first-order chi connectivity index (χ1) is 6.10. The molecule has 0 fully saturated rings. The van der Waals surface area contributed by atoms with Gasteiger partial charge >= 0.3 is 0 Å². The Morgan fingerprint density at radius 1 is 1.15 bits per heavy atom. The Hall–Kier alpha value is -0.820. The molecule has 0 saturated carbocycles. The van der Waals surface area contributed by atoms with Crippen LogP contribution in [0.2, 0.25) is 0 Å². The van der Waals surface area contributed by atoms with E-state index in [9.17, 15) is 0 Å². The van der Waals surface area contributed by atoms with Gasteiger partial charge in [-0.15, -0.1) is 0 Å². The molecule has 0 unspecified atom stereocenters. The monoisotopic (exact) mass is 178 g/mol. The standard InChI is InChI=1S/C12H18O/c1-4-12(2,3)11-7-5-10(9-13)6-8-11/h5-8,13H,4,9H2,1-3H3. The van der Waals surface area contributed by atoms with Crippen molar-refractivity contribution in [1.82, 2.24) is 0 Å². The third kappa shape index (κ3) is 2.31. The number of aliphatic hydroxyl groups excluding tert-OH is 1. The fourth-order valence-electron chi connectivity index (χ4n) is 1.27. The maximum atomic E-state index is 8.89. The zero-order valence-electron chi connectivity index (χ0n) is 8.67. The number of aliphatic hydroxyl groups is 1. The summed E-state index contributed by atoms with van der Waals surface area (Å²) in [6.45, 7) is 6.80. The summed E-state index contributed by atoms with van der Waals surface area (Å²) in [7, 11) is 0. The molecule has 1 aromatic rings. The van der Waals surface area contributed by atoms with Crippen LogP contribution >= 0.6 is 0 Å². The molecule has 0 radical (unpaired) electrons. The summed E-state index contributed by atoms with van der Waals surface area (Å²) in [5.41, 5.74) is 2.57. The van der Waals surface area contributed by atoms with Crippen LogP contribution in [0.5, 0.6) is 0 Å². The highest BCUT2D eigenvalue weighted by atomic mass is 16.3. The maximum absolute atomic E-state index is 8.89. The lowest BCUT2D eigenvalue weighted by Gasteiger charge is -2.23. The molecule has 0 aliphatic carbocycles. The van der Waals surface area contributed by atoms with Crippen molar-refractivity contribution in [2.24, 2.45) is 0 Å². The third-order valence-electron chi connectivity index (χ3n) is 2.80. The fraction of sp³-hybridized carbons (Fsp3) is 0.500. The van der Waals surface area contributed by atoms with Crippen LogP contribution in [0.1, 0.15) is 38.3 Å². The van der Waals surface area contributed by atoms with E-state index < -0.39 is 0 Å². The molecule has 1 aromatic carbocycles. The first kappa shape index (κ1) is 10.3. The summed E-state index contributed by atoms with van der Waals surface area (Å²) in [5.74, 6) is 0. The zero-order chi connectivity index (χ0) is 9.90. The first-order valence-corrected chi connectivity index (χ1v) is 4.80. The van der Waals surface area contributed by atoms with Crippen molar-refractivity contribution in [1.29, 1.82) is 0 Å². The second-order valence-electron chi connectivity index (χ2n) is 4.09. The summed E-state index contributed by atoms with van der Waals surface area (Å²) in [6.07, 6.45) is 1.13. The fourth-order valence-corrected chi connectivity index (χ4v) is 1.27. The Morgan fingerprint density at radius 2 is 1.69 bits per heavy atom. The summed E-state index contributed by atoms with van der Waals surface area (Å²) >= 11 is 0. The molecule has 0 spiro atoms. The van der Waals surface area contributed by atoms with Crippen LogP contribution in [-0.2, 0) is 12.0 Å². The molecule has 0 aliphatic heterocycles. The van der Waals surface area contributed by atoms with Gasteiger partial charge in [0.25, 0.3) is 0 Å². The summed E-state index contributed by atoms with van der Waals surface area (Å²) in [5, 5.41) is 8.89. The normalized spacial score (nSPS) is 11.7. The average molecular weight is 178 g/mol. The van der Waals surface area contributed by atoms with E-state index in [0.29, 0.717) is 0 Å². The molecular formula is C12H18O. The van der Waals surface area contributed by atoms with Gasteiger partial charge in [0.05, 0.1) is 6.61 Å². The van der Waals surface area contributed by atoms with Crippen molar-refractivity contribution in [3.05, 3.63) is 35.4 Å². The van der Waals surface area contributed by atoms with Crippen LogP contribution in [-0.4, -0.2) is 5.11 Å². The number of hydrogen-bond acceptors (Lipinski definition) is 1. The molecule has 0 saturated heterocycles. The molecule has 0 amide bonds. The Kier molecular flexibility index (Phi) is 3.10. The molecule has 1 nitrogen and oxygen atoms in total. The lowest BCUT2D eigenvalue weighted by molar-refractivity contribution is 0.281. The molecule has 13 heavy (non-hydrogen) atoms. The first-order valence-electron chi connectivity index (χ1n) is 4.80. The van der Waals surface area contributed by atoms with Gasteiger partial charge in [-0.1, -0.05) is 45.0 Å². The van der Waals surface area contributed by atoms with Gasteiger partial charge in [-0.2, -0.15) is 0 Å². The van der Waals surface area contributed by atoms with Crippen molar-refractivity contribution >= 4 is 0 Å². The van der Waals surface area contributed by atoms with Crippen molar-refractivity contribution < 1.29 is 5.11 Å². The van der Waals surface area contributed by atoms with Gasteiger partial charge in [0.2, 0.25) is 0 Å². The van der Waals surface area contributed by atoms with Gasteiger partial charge in [-0.05, 0) is 23.0 Å². The SMILES string of the molecule is CCC(C)(C)c1ccc(CO)cc1. The largest absolute Gasteiger partial charge is 0.392 e. The van der Waals surface area contributed by atoms with Gasteiger partial charge in [0, 0.05) is 0 Å². The van der Waals surface area contributed by atoms with E-state index in [4.69, 9.17) is 5.11 Å². The Bertz CT molecular complexity index is 259. The van der Waals surface area contributed by atoms with E-state index in [-0.39, 0.29) is 12.0 Å². The summed E-state index contributed by atoms with van der Waals surface area (Å²) in [4.78, 5) is 0. The predicted octanol–water partition coefficient (Wildman–Crippen LogP) is 2.87. The van der Waals surface area contributed by atoms with E-state index in [1.807, 2.05) is 12.1 Å². The number of hydrogen-bond donors (Lipinski definition) is 1. The van der Waals surface area contributed by atoms with Gasteiger partial charge in [-0.25, -0.2) is 0 Å². The molecule has 1 N–H and O–H groups in total. The third-order valence-corrected chi connectivity index (χ3v) is 2.80. The van der Waals surface area contributed by atoms with E-state index >= 15 is 0 Å². The van der Waals surface area contributed by atoms with Crippen molar-refractivity contribution in [3.8, 4) is 0 Å². The second kappa shape index (κ2) is 3.93. The number of benzene rings is 1. The topological polar surface area (TPSA) is 20.2 Å².